The van der Waals surface area contributed by atoms with Crippen LogP contribution in [0.5, 0.6) is 11.5 Å². The van der Waals surface area contributed by atoms with E-state index >= 15 is 0 Å². The van der Waals surface area contributed by atoms with Gasteiger partial charge in [0.05, 0.1) is 24.9 Å². The van der Waals surface area contributed by atoms with Crippen LogP contribution >= 0.6 is 0 Å². The number of alkyl halides is 3. The molecular weight excluding hydrogens is 597 g/mol. The molecule has 0 saturated carbocycles. The number of hydrogen-bond donors (Lipinski definition) is 1. The van der Waals surface area contributed by atoms with Crippen molar-refractivity contribution in [3.63, 3.8) is 0 Å². The van der Waals surface area contributed by atoms with Crippen molar-refractivity contribution in [2.75, 3.05) is 39.9 Å². The van der Waals surface area contributed by atoms with Gasteiger partial charge in [-0.1, -0.05) is 24.3 Å². The average molecular weight is 625 g/mol. The molecule has 0 radical (unpaired) electrons. The molecule has 1 unspecified atom stereocenters. The molecule has 230 valence electrons. The van der Waals surface area contributed by atoms with Gasteiger partial charge in [0, 0.05) is 31.6 Å². The summed E-state index contributed by atoms with van der Waals surface area (Å²) < 4.78 is 76.2. The van der Waals surface area contributed by atoms with Crippen LogP contribution in [0.15, 0.2) is 48.5 Å². The molecule has 43 heavy (non-hydrogen) atoms. The number of carbonyl (C=O) groups excluding carboxylic acids is 3. The molecular formula is C27H27F3N4O8S. The number of halogens is 3. The fourth-order valence-corrected chi connectivity index (χ4v) is 5.13. The number of carbonyl (C=O) groups is 3. The van der Waals surface area contributed by atoms with Gasteiger partial charge in [-0.15, -0.1) is 0 Å². The first kappa shape index (κ1) is 31.3. The van der Waals surface area contributed by atoms with Crippen LogP contribution in [-0.4, -0.2) is 86.5 Å². The molecule has 3 amide bonds. The third-order valence-corrected chi connectivity index (χ3v) is 7.64. The number of nitrogens with zero attached hydrogens (tertiary/aromatic N) is 3. The summed E-state index contributed by atoms with van der Waals surface area (Å²) in [7, 11) is -4.63. The van der Waals surface area contributed by atoms with Crippen molar-refractivity contribution in [3.8, 4) is 11.5 Å². The zero-order valence-corrected chi connectivity index (χ0v) is 23.8. The Morgan fingerprint density at radius 1 is 1.00 bits per heavy atom. The number of benzene rings is 2. The zero-order valence-electron chi connectivity index (χ0n) is 23.0. The maximum Gasteiger partial charge on any atom is 0.534 e. The van der Waals surface area contributed by atoms with Gasteiger partial charge in [-0.3, -0.25) is 14.6 Å². The second-order valence-electron chi connectivity index (χ2n) is 9.28. The number of aromatic nitrogens is 1. The predicted molar refractivity (Wildman–Crippen MR) is 146 cm³/mol. The number of amides is 3. The molecule has 0 bridgehead atoms. The highest BCUT2D eigenvalue weighted by Gasteiger charge is 2.48. The van der Waals surface area contributed by atoms with E-state index in [4.69, 9.17) is 15.2 Å². The Bertz CT molecular complexity index is 1640. The normalized spacial score (nSPS) is 14.7. The Morgan fingerprint density at radius 3 is 2.16 bits per heavy atom. The van der Waals surface area contributed by atoms with Crippen molar-refractivity contribution in [3.05, 3.63) is 65.4 Å². The Kier molecular flexibility index (Phi) is 8.98. The predicted octanol–water partition coefficient (Wildman–Crippen LogP) is 3.00. The standard InChI is InChI=1S/C27H27F3N4O8S/c1-3-41-26(37)34-14-12-33(13-15-34)25(36)20(16-8-10-17(11-9-16)42-43(38,39)27(28,29)30)22-21(24(31)35)23(40-2)18-6-4-5-7-19(18)32-22/h4-11,20H,3,12-15H2,1-2H3,(H2,31,35). The number of ether oxygens (including phenoxy) is 2. The van der Waals surface area contributed by atoms with Gasteiger partial charge >= 0.3 is 21.7 Å². The lowest BCUT2D eigenvalue weighted by Crippen LogP contribution is -2.52. The number of rotatable bonds is 8. The molecule has 1 aromatic heterocycles. The second-order valence-corrected chi connectivity index (χ2v) is 10.8. The van der Waals surface area contributed by atoms with Crippen LogP contribution in [0.25, 0.3) is 10.9 Å². The zero-order chi connectivity index (χ0) is 31.5. The van der Waals surface area contributed by atoms with Crippen LogP contribution in [0, 0.1) is 0 Å². The van der Waals surface area contributed by atoms with Gasteiger partial charge in [0.2, 0.25) is 5.91 Å². The van der Waals surface area contributed by atoms with Crippen molar-refractivity contribution >= 4 is 38.9 Å². The number of primary amides is 1. The van der Waals surface area contributed by atoms with E-state index in [1.165, 1.54) is 29.0 Å². The molecule has 4 rings (SSSR count). The van der Waals surface area contributed by atoms with Crippen LogP contribution in [0.2, 0.25) is 0 Å². The van der Waals surface area contributed by atoms with Crippen LogP contribution < -0.4 is 14.7 Å². The minimum atomic E-state index is -5.94. The van der Waals surface area contributed by atoms with Gasteiger partial charge in [-0.05, 0) is 36.8 Å². The summed E-state index contributed by atoms with van der Waals surface area (Å²) in [6, 6.07) is 10.9. The first-order valence-corrected chi connectivity index (χ1v) is 14.3. The van der Waals surface area contributed by atoms with Crippen molar-refractivity contribution in [2.24, 2.45) is 5.73 Å². The van der Waals surface area contributed by atoms with Crippen LogP contribution in [-0.2, 0) is 19.6 Å². The van der Waals surface area contributed by atoms with E-state index in [0.29, 0.717) is 10.9 Å². The van der Waals surface area contributed by atoms with Crippen LogP contribution in [0.4, 0.5) is 18.0 Å². The highest BCUT2D eigenvalue weighted by Crippen LogP contribution is 2.38. The van der Waals surface area contributed by atoms with Gasteiger partial charge in [0.25, 0.3) is 5.91 Å². The lowest BCUT2D eigenvalue weighted by Gasteiger charge is -2.36. The smallest absolute Gasteiger partial charge is 0.495 e. The van der Waals surface area contributed by atoms with E-state index in [9.17, 15) is 36.0 Å². The number of nitrogens with two attached hydrogens (primary N) is 1. The Labute approximate surface area is 244 Å². The SMILES string of the molecule is CCOC(=O)N1CCN(C(=O)C(c2ccc(OS(=O)(=O)C(F)(F)F)cc2)c2nc3ccccc3c(OC)c2C(N)=O)CC1. The molecule has 2 N–H and O–H groups in total. The molecule has 0 spiro atoms. The minimum absolute atomic E-state index is 0.0641. The molecule has 12 nitrogen and oxygen atoms in total. The van der Waals surface area contributed by atoms with E-state index in [1.807, 2.05) is 0 Å². The number of fused-ring (bicyclic) bond motifs is 1. The average Bonchev–Trinajstić information content (AvgIpc) is 2.96. The highest BCUT2D eigenvalue weighted by molar-refractivity contribution is 7.88. The topological polar surface area (TPSA) is 158 Å². The lowest BCUT2D eigenvalue weighted by molar-refractivity contribution is -0.133. The van der Waals surface area contributed by atoms with Gasteiger partial charge in [-0.25, -0.2) is 4.79 Å². The van der Waals surface area contributed by atoms with Crippen molar-refractivity contribution in [1.82, 2.24) is 14.8 Å². The van der Waals surface area contributed by atoms with E-state index in [0.717, 1.165) is 12.1 Å². The molecule has 2 aromatic carbocycles. The van der Waals surface area contributed by atoms with Crippen LogP contribution in [0.3, 0.4) is 0 Å². The van der Waals surface area contributed by atoms with E-state index in [-0.39, 0.29) is 55.4 Å². The largest absolute Gasteiger partial charge is 0.534 e. The summed E-state index contributed by atoms with van der Waals surface area (Å²) in [4.78, 5) is 46.5. The number of methoxy groups -OCH3 is 1. The number of piperazine rings is 1. The van der Waals surface area contributed by atoms with Gasteiger partial charge < -0.3 is 29.2 Å². The van der Waals surface area contributed by atoms with Gasteiger partial charge in [0.1, 0.15) is 23.0 Å². The summed E-state index contributed by atoms with van der Waals surface area (Å²) in [6.07, 6.45) is -0.535. The Hall–Kier alpha value is -4.60. The van der Waals surface area contributed by atoms with E-state index in [2.05, 4.69) is 9.17 Å². The van der Waals surface area contributed by atoms with Crippen molar-refractivity contribution in [1.29, 1.82) is 0 Å². The number of para-hydroxylation sites is 1. The molecule has 1 saturated heterocycles. The Balaban J connectivity index is 1.81. The number of pyridine rings is 1. The summed E-state index contributed by atoms with van der Waals surface area (Å²) in [5, 5.41) is 0.443. The van der Waals surface area contributed by atoms with E-state index in [1.54, 1.807) is 31.2 Å². The molecule has 2 heterocycles. The molecule has 16 heteroatoms. The third-order valence-electron chi connectivity index (χ3n) is 6.66. The summed E-state index contributed by atoms with van der Waals surface area (Å²) in [6.45, 7) is 2.33. The van der Waals surface area contributed by atoms with E-state index < -0.39 is 45.2 Å². The van der Waals surface area contributed by atoms with Gasteiger partial charge in [0.15, 0.2) is 0 Å². The van der Waals surface area contributed by atoms with Crippen LogP contribution in [0.1, 0.15) is 34.5 Å². The first-order valence-electron chi connectivity index (χ1n) is 12.9. The first-order chi connectivity index (χ1) is 20.3. The maximum absolute atomic E-state index is 14.1. The second kappa shape index (κ2) is 12.3. The molecule has 1 fully saturated rings. The fraction of sp³-hybridized carbons (Fsp3) is 0.333. The van der Waals surface area contributed by atoms with Crippen molar-refractivity contribution in [2.45, 2.75) is 18.3 Å². The maximum atomic E-state index is 14.1. The monoisotopic (exact) mass is 624 g/mol. The lowest BCUT2D eigenvalue weighted by atomic mass is 9.89. The molecule has 0 aliphatic carbocycles. The highest BCUT2D eigenvalue weighted by atomic mass is 32.2. The third kappa shape index (κ3) is 6.43. The molecule has 3 aromatic rings. The van der Waals surface area contributed by atoms with Crippen molar-refractivity contribution < 1.29 is 49.6 Å². The fourth-order valence-electron chi connectivity index (χ4n) is 4.67. The van der Waals surface area contributed by atoms with Gasteiger partial charge in [-0.2, -0.15) is 21.6 Å². The molecule has 1 aliphatic rings. The number of hydrogen-bond acceptors (Lipinski definition) is 9. The molecule has 1 atom stereocenters. The quantitative estimate of drug-likeness (QED) is 0.294. The summed E-state index contributed by atoms with van der Waals surface area (Å²) in [5.41, 5.74) is 0.327. The summed E-state index contributed by atoms with van der Waals surface area (Å²) >= 11 is 0. The molecule has 1 aliphatic heterocycles. The minimum Gasteiger partial charge on any atom is -0.495 e. The summed E-state index contributed by atoms with van der Waals surface area (Å²) in [5.74, 6) is -3.45. The Morgan fingerprint density at radius 2 is 1.60 bits per heavy atom.